The summed E-state index contributed by atoms with van der Waals surface area (Å²) in [6.45, 7) is 4.90. The summed E-state index contributed by atoms with van der Waals surface area (Å²) in [4.78, 5) is 12.0. The lowest BCUT2D eigenvalue weighted by Crippen LogP contribution is -2.40. The van der Waals surface area contributed by atoms with Crippen molar-refractivity contribution in [3.63, 3.8) is 0 Å². The van der Waals surface area contributed by atoms with Crippen LogP contribution in [0.1, 0.15) is 31.4 Å². The molecule has 27 heavy (non-hydrogen) atoms. The van der Waals surface area contributed by atoms with E-state index in [-0.39, 0.29) is 5.91 Å². The molecule has 6 nitrogen and oxygen atoms in total. The van der Waals surface area contributed by atoms with E-state index in [4.69, 9.17) is 15.1 Å². The molecule has 0 aromatic heterocycles. The van der Waals surface area contributed by atoms with E-state index < -0.39 is 13.2 Å². The molecule has 2 aromatic carbocycles. The summed E-state index contributed by atoms with van der Waals surface area (Å²) in [5.41, 5.74) is 8.56. The molecule has 0 fully saturated rings. The Hall–Kier alpha value is -2.35. The minimum atomic E-state index is -0.850. The third-order valence-electron chi connectivity index (χ3n) is 4.47. The van der Waals surface area contributed by atoms with Crippen molar-refractivity contribution in [1.29, 1.82) is 0 Å². The van der Waals surface area contributed by atoms with Crippen LogP contribution in [0.5, 0.6) is 11.5 Å². The van der Waals surface area contributed by atoms with E-state index in [1.54, 1.807) is 6.07 Å². The van der Waals surface area contributed by atoms with Gasteiger partial charge in [-0.15, -0.1) is 0 Å². The number of amides is 1. The molecule has 1 aliphatic heterocycles. The minimum Gasteiger partial charge on any atom is -0.457 e. The number of hydrogen-bond donors (Lipinski definition) is 3. The summed E-state index contributed by atoms with van der Waals surface area (Å²) in [6.07, 6.45) is 0.668. The highest BCUT2D eigenvalue weighted by Crippen LogP contribution is 2.24. The van der Waals surface area contributed by atoms with Crippen LogP contribution in [-0.4, -0.2) is 24.1 Å². The average molecular weight is 368 g/mol. The smallest absolute Gasteiger partial charge is 0.457 e. The molecule has 1 aliphatic rings. The van der Waals surface area contributed by atoms with E-state index in [9.17, 15) is 9.82 Å². The molecule has 0 aliphatic carbocycles. The van der Waals surface area contributed by atoms with Gasteiger partial charge in [0.2, 0.25) is 5.91 Å². The van der Waals surface area contributed by atoms with E-state index in [1.165, 1.54) is 0 Å². The zero-order chi connectivity index (χ0) is 19.4. The summed E-state index contributed by atoms with van der Waals surface area (Å²) in [5.74, 6) is 1.64. The molecule has 0 bridgehead atoms. The number of ether oxygens (including phenoxy) is 1. The van der Waals surface area contributed by atoms with Crippen molar-refractivity contribution < 1.29 is 19.2 Å². The fraction of sp³-hybridized carbons (Fsp3) is 0.350. The zero-order valence-corrected chi connectivity index (χ0v) is 15.6. The summed E-state index contributed by atoms with van der Waals surface area (Å²) in [7, 11) is -0.850. The summed E-state index contributed by atoms with van der Waals surface area (Å²) in [6, 6.07) is 12.5. The van der Waals surface area contributed by atoms with E-state index in [1.807, 2.05) is 50.2 Å². The van der Waals surface area contributed by atoms with Crippen LogP contribution in [0.25, 0.3) is 0 Å². The maximum absolute atomic E-state index is 12.0. The fourth-order valence-corrected chi connectivity index (χ4v) is 3.02. The summed E-state index contributed by atoms with van der Waals surface area (Å²) < 4.78 is 11.0. The zero-order valence-electron chi connectivity index (χ0n) is 15.6. The molecule has 142 valence electrons. The van der Waals surface area contributed by atoms with Crippen molar-refractivity contribution in [1.82, 2.24) is 5.32 Å². The Labute approximate surface area is 159 Å². The second kappa shape index (κ2) is 8.56. The van der Waals surface area contributed by atoms with E-state index in [0.29, 0.717) is 37.0 Å². The number of nitrogens with one attached hydrogen (secondary N) is 1. The van der Waals surface area contributed by atoms with Crippen LogP contribution in [0.15, 0.2) is 42.5 Å². The Morgan fingerprint density at radius 2 is 1.96 bits per heavy atom. The maximum atomic E-state index is 12.0. The predicted octanol–water partition coefficient (Wildman–Crippen LogP) is 1.69. The molecule has 0 unspecified atom stereocenters. The first-order valence-corrected chi connectivity index (χ1v) is 9.15. The molecule has 7 heteroatoms. The van der Waals surface area contributed by atoms with E-state index in [0.717, 1.165) is 16.6 Å². The van der Waals surface area contributed by atoms with Gasteiger partial charge in [0.05, 0.1) is 12.6 Å². The van der Waals surface area contributed by atoms with Crippen molar-refractivity contribution in [2.24, 2.45) is 11.7 Å². The number of benzene rings is 2. The van der Waals surface area contributed by atoms with Crippen molar-refractivity contribution in [2.75, 3.05) is 0 Å². The van der Waals surface area contributed by atoms with Crippen molar-refractivity contribution >= 4 is 18.5 Å². The monoisotopic (exact) mass is 368 g/mol. The van der Waals surface area contributed by atoms with Crippen molar-refractivity contribution in [2.45, 2.75) is 39.5 Å². The van der Waals surface area contributed by atoms with Gasteiger partial charge in [0, 0.05) is 6.54 Å². The third kappa shape index (κ3) is 5.10. The molecular weight excluding hydrogens is 343 g/mol. The van der Waals surface area contributed by atoms with Crippen LogP contribution in [0.3, 0.4) is 0 Å². The number of carbonyl (C=O) groups is 1. The van der Waals surface area contributed by atoms with Gasteiger partial charge in [-0.2, -0.15) is 0 Å². The Morgan fingerprint density at radius 1 is 1.26 bits per heavy atom. The molecule has 0 spiro atoms. The average Bonchev–Trinajstić information content (AvgIpc) is 3.00. The first-order chi connectivity index (χ1) is 12.9. The van der Waals surface area contributed by atoms with E-state index >= 15 is 0 Å². The molecule has 3 rings (SSSR count). The molecule has 4 N–H and O–H groups in total. The highest BCUT2D eigenvalue weighted by molar-refractivity contribution is 6.61. The van der Waals surface area contributed by atoms with Gasteiger partial charge >= 0.3 is 7.12 Å². The van der Waals surface area contributed by atoms with Crippen molar-refractivity contribution in [3.8, 4) is 11.5 Å². The summed E-state index contributed by atoms with van der Waals surface area (Å²) >= 11 is 0. The molecule has 2 aromatic rings. The number of fused-ring (bicyclic) bond motifs is 1. The molecular formula is C20H25BN2O4. The van der Waals surface area contributed by atoms with Gasteiger partial charge in [0.1, 0.15) is 11.5 Å². The Balaban J connectivity index is 1.54. The second-order valence-corrected chi connectivity index (χ2v) is 7.22. The van der Waals surface area contributed by atoms with Crippen LogP contribution in [-0.2, 0) is 22.6 Å². The lowest BCUT2D eigenvalue weighted by Gasteiger charge is -2.14. The van der Waals surface area contributed by atoms with Gasteiger partial charge in [-0.1, -0.05) is 32.0 Å². The predicted molar refractivity (Wildman–Crippen MR) is 105 cm³/mol. The second-order valence-electron chi connectivity index (χ2n) is 7.22. The SMILES string of the molecule is CC(C)C[C@@H](N)C(=O)NCc1ccc(Oc2ccc3c(c2)COB3O)cc1. The highest BCUT2D eigenvalue weighted by atomic mass is 16.5. The lowest BCUT2D eigenvalue weighted by molar-refractivity contribution is -0.122. The molecule has 1 amide bonds. The largest absolute Gasteiger partial charge is 0.491 e. The van der Waals surface area contributed by atoms with Crippen LogP contribution < -0.4 is 21.3 Å². The van der Waals surface area contributed by atoms with Crippen LogP contribution >= 0.6 is 0 Å². The molecule has 0 saturated heterocycles. The molecule has 0 radical (unpaired) electrons. The molecule has 1 atom stereocenters. The third-order valence-corrected chi connectivity index (χ3v) is 4.47. The maximum Gasteiger partial charge on any atom is 0.491 e. The molecule has 0 saturated carbocycles. The quantitative estimate of drug-likeness (QED) is 0.647. The van der Waals surface area contributed by atoms with Crippen LogP contribution in [0.4, 0.5) is 0 Å². The Bertz CT molecular complexity index is 795. The fourth-order valence-electron chi connectivity index (χ4n) is 3.02. The lowest BCUT2D eigenvalue weighted by atomic mass is 9.80. The standard InChI is InChI=1S/C20H25BN2O4/c1-13(2)9-19(22)20(24)23-11-14-3-5-16(6-4-14)27-17-7-8-18-15(10-17)12-26-21(18)25/h3-8,10,13,19,25H,9,11-12,22H2,1-2H3,(H,23,24)/t19-/m1/s1. The summed E-state index contributed by atoms with van der Waals surface area (Å²) in [5, 5.41) is 12.5. The number of hydrogen-bond acceptors (Lipinski definition) is 5. The Kier molecular flexibility index (Phi) is 6.16. The normalized spacial score (nSPS) is 14.2. The number of carbonyl (C=O) groups excluding carboxylic acids is 1. The number of nitrogens with two attached hydrogens (primary N) is 1. The van der Waals surface area contributed by atoms with Crippen LogP contribution in [0, 0.1) is 5.92 Å². The van der Waals surface area contributed by atoms with E-state index in [2.05, 4.69) is 5.32 Å². The number of rotatable bonds is 7. The first-order valence-electron chi connectivity index (χ1n) is 9.15. The van der Waals surface area contributed by atoms with Gasteiger partial charge in [-0.05, 0) is 53.2 Å². The Morgan fingerprint density at radius 3 is 2.67 bits per heavy atom. The molecule has 1 heterocycles. The van der Waals surface area contributed by atoms with Gasteiger partial charge in [-0.3, -0.25) is 4.79 Å². The van der Waals surface area contributed by atoms with Gasteiger partial charge in [0.15, 0.2) is 0 Å². The van der Waals surface area contributed by atoms with Gasteiger partial charge < -0.3 is 25.5 Å². The van der Waals surface area contributed by atoms with Crippen molar-refractivity contribution in [3.05, 3.63) is 53.6 Å². The van der Waals surface area contributed by atoms with Crippen LogP contribution in [0.2, 0.25) is 0 Å². The van der Waals surface area contributed by atoms with Gasteiger partial charge in [0.25, 0.3) is 0 Å². The topological polar surface area (TPSA) is 93.8 Å². The minimum absolute atomic E-state index is 0.133. The van der Waals surface area contributed by atoms with Gasteiger partial charge in [-0.25, -0.2) is 0 Å². The highest BCUT2D eigenvalue weighted by Gasteiger charge is 2.27. The first kappa shape index (κ1) is 19.4.